The Kier molecular flexibility index (Phi) is 3.86. The average molecular weight is 348 g/mol. The van der Waals surface area contributed by atoms with Crippen molar-refractivity contribution in [3.05, 3.63) is 103 Å². The molecule has 0 saturated heterocycles. The quantitative estimate of drug-likeness (QED) is 0.386. The molecule has 1 aliphatic heterocycles. The Bertz CT molecular complexity index is 1080. The van der Waals surface area contributed by atoms with Gasteiger partial charge in [0.1, 0.15) is 0 Å². The Morgan fingerprint density at radius 3 is 1.96 bits per heavy atom. The molecule has 1 aromatic heterocycles. The standard InChI is InChI=1S/C26H22N/c1-19-18-27-25(21-12-6-3-7-13-21)16-22(20-10-4-2-5-11-20)17-26(27)24-15-9-8-14-23(19)24/h2-17,19H,18H2,1H3/q+1. The molecule has 1 aliphatic rings. The highest BCUT2D eigenvalue weighted by Gasteiger charge is 2.31. The van der Waals surface area contributed by atoms with Gasteiger partial charge in [0.25, 0.3) is 0 Å². The molecule has 0 fully saturated rings. The first-order valence-corrected chi connectivity index (χ1v) is 9.59. The van der Waals surface area contributed by atoms with Gasteiger partial charge in [0.05, 0.1) is 0 Å². The molecule has 0 saturated carbocycles. The molecule has 1 nitrogen and oxygen atoms in total. The summed E-state index contributed by atoms with van der Waals surface area (Å²) in [6, 6.07) is 35.0. The van der Waals surface area contributed by atoms with E-state index in [0.29, 0.717) is 5.92 Å². The zero-order chi connectivity index (χ0) is 18.2. The lowest BCUT2D eigenvalue weighted by atomic mass is 9.88. The van der Waals surface area contributed by atoms with Gasteiger partial charge in [0.15, 0.2) is 6.54 Å². The van der Waals surface area contributed by atoms with E-state index >= 15 is 0 Å². The minimum absolute atomic E-state index is 0.503. The zero-order valence-corrected chi connectivity index (χ0v) is 15.5. The summed E-state index contributed by atoms with van der Waals surface area (Å²) >= 11 is 0. The van der Waals surface area contributed by atoms with Gasteiger partial charge in [0, 0.05) is 29.2 Å². The van der Waals surface area contributed by atoms with E-state index in [4.69, 9.17) is 0 Å². The summed E-state index contributed by atoms with van der Waals surface area (Å²) < 4.78 is 2.49. The molecule has 0 aliphatic carbocycles. The minimum Gasteiger partial charge on any atom is -0.191 e. The molecule has 0 amide bonds. The van der Waals surface area contributed by atoms with Crippen LogP contribution in [0, 0.1) is 0 Å². The normalized spacial score (nSPS) is 15.1. The van der Waals surface area contributed by atoms with Crippen LogP contribution in [0.4, 0.5) is 0 Å². The van der Waals surface area contributed by atoms with Crippen molar-refractivity contribution >= 4 is 0 Å². The highest BCUT2D eigenvalue weighted by atomic mass is 15.0. The van der Waals surface area contributed by atoms with Crippen molar-refractivity contribution in [3.8, 4) is 33.6 Å². The molecule has 1 atom stereocenters. The second-order valence-corrected chi connectivity index (χ2v) is 7.35. The van der Waals surface area contributed by atoms with Crippen LogP contribution in [-0.2, 0) is 6.54 Å². The summed E-state index contributed by atoms with van der Waals surface area (Å²) in [6.07, 6.45) is 0. The molecule has 130 valence electrons. The van der Waals surface area contributed by atoms with Crippen LogP contribution in [0.3, 0.4) is 0 Å². The largest absolute Gasteiger partial charge is 0.213 e. The SMILES string of the molecule is CC1C[n+]2c(-c3ccccc3)cc(-c3ccccc3)cc2-c2ccccc21. The maximum atomic E-state index is 2.49. The third-order valence-electron chi connectivity index (χ3n) is 5.57. The fourth-order valence-corrected chi connectivity index (χ4v) is 4.22. The molecule has 0 radical (unpaired) electrons. The lowest BCUT2D eigenvalue weighted by Crippen LogP contribution is -2.43. The summed E-state index contributed by atoms with van der Waals surface area (Å²) in [6.45, 7) is 3.33. The summed E-state index contributed by atoms with van der Waals surface area (Å²) in [5, 5.41) is 0. The van der Waals surface area contributed by atoms with Crippen LogP contribution in [0.25, 0.3) is 33.6 Å². The van der Waals surface area contributed by atoms with Crippen LogP contribution in [0.2, 0.25) is 0 Å². The molecule has 5 rings (SSSR count). The average Bonchev–Trinajstić information content (AvgIpc) is 2.75. The van der Waals surface area contributed by atoms with E-state index in [-0.39, 0.29) is 0 Å². The van der Waals surface area contributed by atoms with Crippen molar-refractivity contribution in [2.24, 2.45) is 0 Å². The van der Waals surface area contributed by atoms with Crippen molar-refractivity contribution in [2.45, 2.75) is 19.4 Å². The number of benzene rings is 3. The van der Waals surface area contributed by atoms with Gasteiger partial charge in [-0.05, 0) is 34.9 Å². The van der Waals surface area contributed by atoms with Gasteiger partial charge in [-0.1, -0.05) is 73.7 Å². The Balaban J connectivity index is 1.82. The fraction of sp³-hybridized carbons (Fsp3) is 0.115. The van der Waals surface area contributed by atoms with E-state index in [9.17, 15) is 0 Å². The Morgan fingerprint density at radius 1 is 0.630 bits per heavy atom. The monoisotopic (exact) mass is 348 g/mol. The van der Waals surface area contributed by atoms with Crippen LogP contribution in [0.5, 0.6) is 0 Å². The lowest BCUT2D eigenvalue weighted by Gasteiger charge is -2.23. The van der Waals surface area contributed by atoms with E-state index in [1.807, 2.05) is 0 Å². The van der Waals surface area contributed by atoms with E-state index in [0.717, 1.165) is 6.54 Å². The van der Waals surface area contributed by atoms with Crippen molar-refractivity contribution < 1.29 is 4.57 Å². The molecule has 2 heterocycles. The van der Waals surface area contributed by atoms with Crippen LogP contribution < -0.4 is 4.57 Å². The van der Waals surface area contributed by atoms with Crippen LogP contribution >= 0.6 is 0 Å². The van der Waals surface area contributed by atoms with Gasteiger partial charge in [-0.15, -0.1) is 0 Å². The van der Waals surface area contributed by atoms with E-state index < -0.39 is 0 Å². The molecule has 0 bridgehead atoms. The van der Waals surface area contributed by atoms with Gasteiger partial charge < -0.3 is 0 Å². The molecule has 4 aromatic rings. The number of aromatic nitrogens is 1. The van der Waals surface area contributed by atoms with Crippen LogP contribution in [0.1, 0.15) is 18.4 Å². The summed E-state index contributed by atoms with van der Waals surface area (Å²) in [5.74, 6) is 0.503. The second-order valence-electron chi connectivity index (χ2n) is 7.35. The molecular weight excluding hydrogens is 326 g/mol. The molecule has 1 unspecified atom stereocenters. The molecular formula is C26H22N+. The summed E-state index contributed by atoms with van der Waals surface area (Å²) in [7, 11) is 0. The maximum Gasteiger partial charge on any atom is 0.213 e. The Hall–Kier alpha value is -3.19. The van der Waals surface area contributed by atoms with Gasteiger partial charge in [-0.25, -0.2) is 0 Å². The number of hydrogen-bond acceptors (Lipinski definition) is 0. The number of pyridine rings is 1. The number of nitrogens with zero attached hydrogens (tertiary/aromatic N) is 1. The first kappa shape index (κ1) is 16.0. The topological polar surface area (TPSA) is 3.88 Å². The molecule has 1 heteroatoms. The van der Waals surface area contributed by atoms with Crippen molar-refractivity contribution in [2.75, 3.05) is 0 Å². The molecule has 3 aromatic carbocycles. The van der Waals surface area contributed by atoms with E-state index in [1.54, 1.807) is 0 Å². The van der Waals surface area contributed by atoms with Crippen molar-refractivity contribution in [3.63, 3.8) is 0 Å². The Morgan fingerprint density at radius 2 is 1.22 bits per heavy atom. The predicted octanol–water partition coefficient (Wildman–Crippen LogP) is 6.09. The van der Waals surface area contributed by atoms with E-state index in [1.165, 1.54) is 39.2 Å². The van der Waals surface area contributed by atoms with Gasteiger partial charge in [-0.2, -0.15) is 4.57 Å². The maximum absolute atomic E-state index is 2.49. The third-order valence-corrected chi connectivity index (χ3v) is 5.57. The van der Waals surface area contributed by atoms with Gasteiger partial charge in [0.2, 0.25) is 11.4 Å². The van der Waals surface area contributed by atoms with Gasteiger partial charge >= 0.3 is 0 Å². The molecule has 0 spiro atoms. The molecule has 27 heavy (non-hydrogen) atoms. The van der Waals surface area contributed by atoms with Crippen LogP contribution in [-0.4, -0.2) is 0 Å². The van der Waals surface area contributed by atoms with Crippen molar-refractivity contribution in [1.29, 1.82) is 0 Å². The summed E-state index contributed by atoms with van der Waals surface area (Å²) in [5.41, 5.74) is 9.19. The second kappa shape index (κ2) is 6.51. The highest BCUT2D eigenvalue weighted by molar-refractivity contribution is 5.75. The smallest absolute Gasteiger partial charge is 0.191 e. The fourth-order valence-electron chi connectivity index (χ4n) is 4.22. The van der Waals surface area contributed by atoms with Crippen LogP contribution in [0.15, 0.2) is 97.1 Å². The highest BCUT2D eigenvalue weighted by Crippen LogP contribution is 2.36. The minimum atomic E-state index is 0.503. The third kappa shape index (κ3) is 2.76. The number of hydrogen-bond donors (Lipinski definition) is 0. The first-order valence-electron chi connectivity index (χ1n) is 9.59. The zero-order valence-electron chi connectivity index (χ0n) is 15.5. The number of fused-ring (bicyclic) bond motifs is 3. The van der Waals surface area contributed by atoms with E-state index in [2.05, 4.69) is 109 Å². The number of rotatable bonds is 2. The van der Waals surface area contributed by atoms with Gasteiger partial charge in [-0.3, -0.25) is 0 Å². The van der Waals surface area contributed by atoms with Crippen molar-refractivity contribution in [1.82, 2.24) is 0 Å². The Labute approximate surface area is 160 Å². The summed E-state index contributed by atoms with van der Waals surface area (Å²) in [4.78, 5) is 0. The predicted molar refractivity (Wildman–Crippen MR) is 111 cm³/mol. The lowest BCUT2D eigenvalue weighted by molar-refractivity contribution is -0.679. The molecule has 0 N–H and O–H groups in total. The first-order chi connectivity index (χ1) is 13.3.